The highest BCUT2D eigenvalue weighted by Crippen LogP contribution is 2.63. The molecule has 0 saturated heterocycles. The molecule has 8 aromatic carbocycles. The predicted octanol–water partition coefficient (Wildman–Crippen LogP) is 14.2. The molecule has 3 aliphatic carbocycles. The summed E-state index contributed by atoms with van der Waals surface area (Å²) in [6.45, 7) is 2.31. The van der Waals surface area contributed by atoms with E-state index in [1.54, 1.807) is 0 Å². The van der Waals surface area contributed by atoms with Crippen LogP contribution in [0.2, 0.25) is 0 Å². The van der Waals surface area contributed by atoms with Crippen LogP contribution in [0.4, 0.5) is 11.4 Å². The first-order chi connectivity index (χ1) is 28.2. The van der Waals surface area contributed by atoms with Crippen molar-refractivity contribution in [2.75, 3.05) is 4.90 Å². The van der Waals surface area contributed by atoms with Gasteiger partial charge in [0, 0.05) is 28.2 Å². The van der Waals surface area contributed by atoms with Crippen LogP contribution in [-0.2, 0) is 11.8 Å². The van der Waals surface area contributed by atoms with Crippen LogP contribution >= 0.6 is 0 Å². The third-order valence-corrected chi connectivity index (χ3v) is 13.0. The molecular formula is C55H39NO. The van der Waals surface area contributed by atoms with Gasteiger partial charge >= 0.3 is 0 Å². The van der Waals surface area contributed by atoms with E-state index >= 15 is 0 Å². The Morgan fingerprint density at radius 3 is 2.07 bits per heavy atom. The quantitative estimate of drug-likeness (QED) is 0.175. The normalized spacial score (nSPS) is 17.5. The van der Waals surface area contributed by atoms with Gasteiger partial charge in [0.1, 0.15) is 11.2 Å². The monoisotopic (exact) mass is 729 g/mol. The second kappa shape index (κ2) is 12.3. The second-order valence-electron chi connectivity index (χ2n) is 15.8. The fourth-order valence-electron chi connectivity index (χ4n) is 10.6. The number of hydrogen-bond acceptors (Lipinski definition) is 2. The van der Waals surface area contributed by atoms with E-state index in [0.717, 1.165) is 40.5 Å². The maximum absolute atomic E-state index is 6.52. The average Bonchev–Trinajstić information content (AvgIpc) is 3.79. The van der Waals surface area contributed by atoms with Crippen molar-refractivity contribution < 1.29 is 4.42 Å². The van der Waals surface area contributed by atoms with Crippen LogP contribution in [0.3, 0.4) is 0 Å². The maximum atomic E-state index is 6.52. The van der Waals surface area contributed by atoms with E-state index < -0.39 is 5.41 Å². The van der Waals surface area contributed by atoms with Crippen molar-refractivity contribution in [2.24, 2.45) is 0 Å². The topological polar surface area (TPSA) is 16.4 Å². The van der Waals surface area contributed by atoms with Crippen LogP contribution in [0.25, 0.3) is 60.5 Å². The average molecular weight is 730 g/mol. The van der Waals surface area contributed by atoms with Crippen molar-refractivity contribution >= 4 is 49.7 Å². The summed E-state index contributed by atoms with van der Waals surface area (Å²) in [6.07, 6.45) is 8.93. The third-order valence-electron chi connectivity index (χ3n) is 13.0. The Morgan fingerprint density at radius 2 is 1.26 bits per heavy atom. The molecule has 1 heterocycles. The number of para-hydroxylation sites is 1. The van der Waals surface area contributed by atoms with Gasteiger partial charge in [-0.25, -0.2) is 0 Å². The van der Waals surface area contributed by atoms with Crippen molar-refractivity contribution in [1.29, 1.82) is 0 Å². The summed E-state index contributed by atoms with van der Waals surface area (Å²) in [5, 5.41) is 4.96. The molecular weight excluding hydrogens is 691 g/mol. The molecule has 1 spiro atoms. The molecule has 9 aromatic rings. The van der Waals surface area contributed by atoms with Gasteiger partial charge in [-0.05, 0) is 115 Å². The smallest absolute Gasteiger partial charge is 0.137 e. The van der Waals surface area contributed by atoms with Gasteiger partial charge in [-0.15, -0.1) is 0 Å². The Hall–Kier alpha value is -6.90. The molecule has 3 aliphatic rings. The number of allylic oxidation sites excluding steroid dienone is 2. The minimum absolute atomic E-state index is 0.0890. The molecule has 0 radical (unpaired) electrons. The fourth-order valence-corrected chi connectivity index (χ4v) is 10.6. The first kappa shape index (κ1) is 32.4. The second-order valence-corrected chi connectivity index (χ2v) is 15.8. The summed E-state index contributed by atoms with van der Waals surface area (Å²) in [5.41, 5.74) is 18.3. The fraction of sp³-hybridized carbons (Fsp3) is 0.0909. The zero-order valence-electron chi connectivity index (χ0n) is 31.7. The predicted molar refractivity (Wildman–Crippen MR) is 237 cm³/mol. The minimum atomic E-state index is -0.491. The molecule has 270 valence electrons. The molecule has 0 saturated carbocycles. The lowest BCUT2D eigenvalue weighted by atomic mass is 9.60. The van der Waals surface area contributed by atoms with Crippen LogP contribution in [-0.4, -0.2) is 6.04 Å². The number of nitrogens with zero attached hydrogens (tertiary/aromatic N) is 1. The number of rotatable bonds is 5. The Kier molecular flexibility index (Phi) is 6.98. The molecule has 2 nitrogen and oxygen atoms in total. The molecule has 2 unspecified atom stereocenters. The molecule has 0 bridgehead atoms. The van der Waals surface area contributed by atoms with Gasteiger partial charge in [0.25, 0.3) is 0 Å². The number of fused-ring (bicyclic) bond motifs is 12. The Labute approximate surface area is 332 Å². The zero-order valence-corrected chi connectivity index (χ0v) is 31.7. The molecule has 2 atom stereocenters. The van der Waals surface area contributed by atoms with Gasteiger partial charge in [-0.2, -0.15) is 0 Å². The van der Waals surface area contributed by atoms with Gasteiger partial charge in [-0.3, -0.25) is 0 Å². The van der Waals surface area contributed by atoms with E-state index in [-0.39, 0.29) is 6.04 Å². The lowest BCUT2D eigenvalue weighted by molar-refractivity contribution is 0.668. The van der Waals surface area contributed by atoms with Crippen molar-refractivity contribution in [2.45, 2.75) is 31.2 Å². The number of hydrogen-bond donors (Lipinski definition) is 0. The standard InChI is InChI=1S/C55H39NO/c1-2-35-23-24-38-15-12-19-47-43-17-7-10-21-49(43)55(54(35)53(38)47)48-20-9-6-16-42(48)44-31-29-40(33-50(44)55)56(39-27-25-37(26-28-39)36-13-4-3-5-14-36)41-30-32-46-45-18-8-11-22-51(45)57-52(46)34-41/h3-27,29-34,39H,2,28H2,1H3. The minimum Gasteiger partial charge on any atom is -0.456 e. The lowest BCUT2D eigenvalue weighted by Gasteiger charge is -2.42. The molecule has 2 heteroatoms. The molecule has 57 heavy (non-hydrogen) atoms. The van der Waals surface area contributed by atoms with Crippen LogP contribution < -0.4 is 4.90 Å². The van der Waals surface area contributed by atoms with Gasteiger partial charge in [-0.1, -0.05) is 159 Å². The largest absolute Gasteiger partial charge is 0.456 e. The van der Waals surface area contributed by atoms with E-state index in [9.17, 15) is 0 Å². The summed E-state index contributed by atoms with van der Waals surface area (Å²) in [6, 6.07) is 63.2. The highest BCUT2D eigenvalue weighted by Gasteiger charge is 2.51. The zero-order chi connectivity index (χ0) is 37.7. The van der Waals surface area contributed by atoms with E-state index in [4.69, 9.17) is 4.42 Å². The Bertz CT molecular complexity index is 3160. The molecule has 0 amide bonds. The highest BCUT2D eigenvalue weighted by atomic mass is 16.3. The van der Waals surface area contributed by atoms with Crippen molar-refractivity contribution in [1.82, 2.24) is 0 Å². The molecule has 12 rings (SSSR count). The van der Waals surface area contributed by atoms with Crippen LogP contribution in [0.1, 0.15) is 46.7 Å². The van der Waals surface area contributed by atoms with Crippen molar-refractivity contribution in [3.63, 3.8) is 0 Å². The van der Waals surface area contributed by atoms with Gasteiger partial charge in [0.05, 0.1) is 11.5 Å². The summed E-state index contributed by atoms with van der Waals surface area (Å²) >= 11 is 0. The maximum Gasteiger partial charge on any atom is 0.137 e. The third kappa shape index (κ3) is 4.53. The van der Waals surface area contributed by atoms with Gasteiger partial charge in [0.15, 0.2) is 0 Å². The number of furan rings is 1. The van der Waals surface area contributed by atoms with Gasteiger partial charge in [0.2, 0.25) is 0 Å². The van der Waals surface area contributed by atoms with Crippen molar-refractivity contribution in [3.05, 3.63) is 221 Å². The summed E-state index contributed by atoms with van der Waals surface area (Å²) < 4.78 is 6.52. The number of anilines is 2. The SMILES string of the molecule is CCc1ccc2cccc3c2c1C1(c2ccccc2-c2ccc(N(c4ccc5c(c4)oc4ccccc45)C4C=CC(c5ccccc5)=CC4)cc21)c1ccccc1-3. The number of benzene rings is 8. The molecule has 1 aromatic heterocycles. The molecule has 0 aliphatic heterocycles. The van der Waals surface area contributed by atoms with E-state index in [1.165, 1.54) is 77.7 Å². The summed E-state index contributed by atoms with van der Waals surface area (Å²) in [4.78, 5) is 2.54. The molecule has 0 N–H and O–H groups in total. The number of aryl methyl sites for hydroxylation is 1. The van der Waals surface area contributed by atoms with E-state index in [1.807, 2.05) is 6.07 Å². The van der Waals surface area contributed by atoms with E-state index in [0.29, 0.717) is 0 Å². The Morgan fingerprint density at radius 1 is 0.579 bits per heavy atom. The Balaban J connectivity index is 1.12. The molecule has 0 fully saturated rings. The van der Waals surface area contributed by atoms with Gasteiger partial charge < -0.3 is 9.32 Å². The van der Waals surface area contributed by atoms with Crippen molar-refractivity contribution in [3.8, 4) is 22.3 Å². The van der Waals surface area contributed by atoms with Crippen LogP contribution in [0.5, 0.6) is 0 Å². The van der Waals surface area contributed by atoms with E-state index in [2.05, 4.69) is 194 Å². The van der Waals surface area contributed by atoms with Crippen LogP contribution in [0, 0.1) is 0 Å². The summed E-state index contributed by atoms with van der Waals surface area (Å²) in [5.74, 6) is 0. The first-order valence-electron chi connectivity index (χ1n) is 20.3. The highest BCUT2D eigenvalue weighted by molar-refractivity contribution is 6.08. The lowest BCUT2D eigenvalue weighted by Crippen LogP contribution is -2.34. The van der Waals surface area contributed by atoms with Crippen LogP contribution in [0.15, 0.2) is 193 Å². The summed E-state index contributed by atoms with van der Waals surface area (Å²) in [7, 11) is 0. The first-order valence-corrected chi connectivity index (χ1v) is 20.3.